The number of fused-ring (bicyclic) bond motifs is 1. The Morgan fingerprint density at radius 1 is 1.12 bits per heavy atom. The van der Waals surface area contributed by atoms with E-state index in [1.807, 2.05) is 13.8 Å². The number of nitrogens with zero attached hydrogens (tertiary/aromatic N) is 1. The van der Waals surface area contributed by atoms with E-state index in [-0.39, 0.29) is 35.1 Å². The maximum atomic E-state index is 13.9. The minimum Gasteiger partial charge on any atom is -0.508 e. The van der Waals surface area contributed by atoms with Gasteiger partial charge in [-0.05, 0) is 66.1 Å². The van der Waals surface area contributed by atoms with Crippen molar-refractivity contribution in [3.05, 3.63) is 59.2 Å². The second kappa shape index (κ2) is 8.90. The third-order valence-corrected chi connectivity index (χ3v) is 6.45. The summed E-state index contributed by atoms with van der Waals surface area (Å²) in [5.41, 5.74) is 3.07. The van der Waals surface area contributed by atoms with Crippen LogP contribution in [-0.4, -0.2) is 33.1 Å². The zero-order valence-electron chi connectivity index (χ0n) is 18.9. The number of rotatable bonds is 5. The molecule has 0 spiro atoms. The molecule has 1 fully saturated rings. The number of amides is 1. The molecule has 2 aromatic carbocycles. The van der Waals surface area contributed by atoms with E-state index in [2.05, 4.69) is 0 Å². The Bertz CT molecular complexity index is 1250. The average molecular weight is 452 g/mol. The highest BCUT2D eigenvalue weighted by molar-refractivity contribution is 6.08. The van der Waals surface area contributed by atoms with Crippen LogP contribution in [0.15, 0.2) is 36.4 Å². The first-order valence-electron chi connectivity index (χ1n) is 11.2. The Labute approximate surface area is 191 Å². The van der Waals surface area contributed by atoms with Crippen LogP contribution in [-0.2, 0) is 4.79 Å². The van der Waals surface area contributed by atoms with Gasteiger partial charge in [-0.15, -0.1) is 0 Å². The fourth-order valence-electron chi connectivity index (χ4n) is 4.71. The number of benzene rings is 2. The molecule has 6 nitrogen and oxygen atoms in total. The molecule has 1 aliphatic rings. The van der Waals surface area contributed by atoms with Crippen molar-refractivity contribution in [1.82, 2.24) is 4.98 Å². The molecule has 2 unspecified atom stereocenters. The number of carboxylic acids is 1. The molecular formula is C26H28FN2O4+. The first-order chi connectivity index (χ1) is 15.7. The largest absolute Gasteiger partial charge is 0.508 e. The molecule has 7 heteroatoms. The van der Waals surface area contributed by atoms with E-state index in [0.29, 0.717) is 35.9 Å². The van der Waals surface area contributed by atoms with Crippen LogP contribution in [0.3, 0.4) is 0 Å². The maximum absolute atomic E-state index is 13.9. The molecule has 3 aromatic rings. The minimum absolute atomic E-state index is 0.0158. The van der Waals surface area contributed by atoms with E-state index >= 15 is 0 Å². The first kappa shape index (κ1) is 22.9. The third-order valence-electron chi connectivity index (χ3n) is 6.45. The van der Waals surface area contributed by atoms with Gasteiger partial charge in [0.2, 0.25) is 0 Å². The Balaban J connectivity index is 1.84. The minimum atomic E-state index is -0.826. The molecule has 1 heterocycles. The quantitative estimate of drug-likeness (QED) is 0.541. The molecule has 0 aliphatic heterocycles. The van der Waals surface area contributed by atoms with Crippen LogP contribution < -0.4 is 5.32 Å². The summed E-state index contributed by atoms with van der Waals surface area (Å²) in [7, 11) is 0. The van der Waals surface area contributed by atoms with Crippen LogP contribution in [0.5, 0.6) is 5.75 Å². The van der Waals surface area contributed by atoms with E-state index in [4.69, 9.17) is 4.98 Å². The van der Waals surface area contributed by atoms with Crippen molar-refractivity contribution in [1.29, 1.82) is 0 Å². The van der Waals surface area contributed by atoms with Gasteiger partial charge in [0.05, 0.1) is 17.7 Å². The van der Waals surface area contributed by atoms with Gasteiger partial charge < -0.3 is 10.2 Å². The first-order valence-corrected chi connectivity index (χ1v) is 11.2. The predicted molar refractivity (Wildman–Crippen MR) is 123 cm³/mol. The summed E-state index contributed by atoms with van der Waals surface area (Å²) in [4.78, 5) is 29.4. The summed E-state index contributed by atoms with van der Waals surface area (Å²) in [6.45, 7) is 5.68. The summed E-state index contributed by atoms with van der Waals surface area (Å²) in [6, 6.07) is 9.64. The SMILES string of the molecule is Cc1cc(-c2c(C(C)C)nc(C(=O)[NH2+]C3CCC(C(=O)O)C3)c3cc(O)ccc23)ccc1F. The number of quaternary nitrogens is 1. The van der Waals surface area contributed by atoms with Gasteiger partial charge in [-0.1, -0.05) is 19.9 Å². The number of primary amides is 1. The number of nitrogens with two attached hydrogens (primary N) is 1. The van der Waals surface area contributed by atoms with Gasteiger partial charge in [0, 0.05) is 23.8 Å². The van der Waals surface area contributed by atoms with Crippen molar-refractivity contribution in [2.24, 2.45) is 5.92 Å². The number of carbonyl (C=O) groups excluding carboxylic acids is 1. The van der Waals surface area contributed by atoms with Crippen LogP contribution in [0.1, 0.15) is 60.8 Å². The number of phenols is 1. The number of aromatic hydroxyl groups is 1. The lowest BCUT2D eigenvalue weighted by Crippen LogP contribution is -2.93. The summed E-state index contributed by atoms with van der Waals surface area (Å²) in [5, 5.41) is 22.3. The van der Waals surface area contributed by atoms with Gasteiger partial charge in [-0.25, -0.2) is 14.2 Å². The molecule has 0 saturated heterocycles. The van der Waals surface area contributed by atoms with E-state index in [1.165, 1.54) is 12.1 Å². The number of carboxylic acid groups (broad SMARTS) is 1. The Morgan fingerprint density at radius 2 is 1.88 bits per heavy atom. The molecule has 1 amide bonds. The van der Waals surface area contributed by atoms with Crippen molar-refractivity contribution in [3.63, 3.8) is 0 Å². The number of pyridine rings is 1. The van der Waals surface area contributed by atoms with E-state index in [1.54, 1.807) is 36.5 Å². The van der Waals surface area contributed by atoms with Crippen molar-refractivity contribution in [3.8, 4) is 16.9 Å². The number of aryl methyl sites for hydroxylation is 1. The Hall–Kier alpha value is -3.32. The number of hydrogen-bond donors (Lipinski definition) is 3. The monoisotopic (exact) mass is 451 g/mol. The van der Waals surface area contributed by atoms with Gasteiger partial charge in [0.1, 0.15) is 11.6 Å². The zero-order chi connectivity index (χ0) is 23.9. The molecule has 0 bridgehead atoms. The molecule has 1 aliphatic carbocycles. The number of aliphatic carboxylic acids is 1. The molecule has 2 atom stereocenters. The Morgan fingerprint density at radius 3 is 2.52 bits per heavy atom. The van der Waals surface area contributed by atoms with Crippen LogP contribution in [0.4, 0.5) is 4.39 Å². The normalized spacial score (nSPS) is 18.2. The summed E-state index contributed by atoms with van der Waals surface area (Å²) >= 11 is 0. The smallest absolute Gasteiger partial charge is 0.361 e. The topological polar surface area (TPSA) is 104 Å². The van der Waals surface area contributed by atoms with Crippen molar-refractivity contribution < 1.29 is 29.5 Å². The predicted octanol–water partition coefficient (Wildman–Crippen LogP) is 4.14. The summed E-state index contributed by atoms with van der Waals surface area (Å²) in [6.07, 6.45) is 1.64. The molecular weight excluding hydrogens is 423 g/mol. The fourth-order valence-corrected chi connectivity index (χ4v) is 4.71. The lowest BCUT2D eigenvalue weighted by molar-refractivity contribution is -0.593. The molecule has 172 valence electrons. The van der Waals surface area contributed by atoms with Crippen LogP contribution in [0.2, 0.25) is 0 Å². The molecule has 1 aromatic heterocycles. The van der Waals surface area contributed by atoms with E-state index in [9.17, 15) is 24.2 Å². The molecule has 4 rings (SSSR count). The van der Waals surface area contributed by atoms with Gasteiger partial charge in [-0.3, -0.25) is 10.1 Å². The number of carbonyl (C=O) groups is 2. The standard InChI is InChI=1S/C26H27FN2O4/c1-13(2)23-22(15-5-9-21(27)14(3)10-15)19-8-7-18(30)12-20(19)24(29-23)25(31)28-17-6-4-16(11-17)26(32)33/h5,7-10,12-13,16-17,30H,4,6,11H2,1-3H3,(H,28,31)(H,32,33)/p+1. The van der Waals surface area contributed by atoms with Gasteiger partial charge >= 0.3 is 11.9 Å². The highest BCUT2D eigenvalue weighted by Crippen LogP contribution is 2.38. The van der Waals surface area contributed by atoms with Crippen molar-refractivity contribution in [2.45, 2.75) is 52.0 Å². The van der Waals surface area contributed by atoms with Crippen molar-refractivity contribution in [2.75, 3.05) is 0 Å². The third kappa shape index (κ3) is 4.46. The van der Waals surface area contributed by atoms with E-state index in [0.717, 1.165) is 16.5 Å². The second-order valence-corrected chi connectivity index (χ2v) is 9.21. The van der Waals surface area contributed by atoms with Crippen LogP contribution >= 0.6 is 0 Å². The number of halogens is 1. The maximum Gasteiger partial charge on any atom is 0.361 e. The summed E-state index contributed by atoms with van der Waals surface area (Å²) < 4.78 is 13.9. The number of phenolic OH excluding ortho intramolecular Hbond substituents is 1. The second-order valence-electron chi connectivity index (χ2n) is 9.21. The highest BCUT2D eigenvalue weighted by Gasteiger charge is 2.34. The number of aromatic nitrogens is 1. The van der Waals surface area contributed by atoms with Gasteiger partial charge in [0.15, 0.2) is 5.69 Å². The summed E-state index contributed by atoms with van der Waals surface area (Å²) in [5.74, 6) is -1.82. The van der Waals surface area contributed by atoms with Crippen LogP contribution in [0.25, 0.3) is 21.9 Å². The van der Waals surface area contributed by atoms with Gasteiger partial charge in [-0.2, -0.15) is 0 Å². The lowest BCUT2D eigenvalue weighted by Gasteiger charge is -2.18. The van der Waals surface area contributed by atoms with Gasteiger partial charge in [0.25, 0.3) is 0 Å². The van der Waals surface area contributed by atoms with Crippen LogP contribution in [0, 0.1) is 18.7 Å². The lowest BCUT2D eigenvalue weighted by atomic mass is 9.90. The van der Waals surface area contributed by atoms with Crippen molar-refractivity contribution >= 4 is 22.6 Å². The molecule has 33 heavy (non-hydrogen) atoms. The Kier molecular flexibility index (Phi) is 6.17. The van der Waals surface area contributed by atoms with E-state index < -0.39 is 11.9 Å². The fraction of sp³-hybridized carbons (Fsp3) is 0.346. The molecule has 1 saturated carbocycles. The molecule has 4 N–H and O–H groups in total. The average Bonchev–Trinajstić information content (AvgIpc) is 3.23. The molecule has 0 radical (unpaired) electrons. The zero-order valence-corrected chi connectivity index (χ0v) is 18.9. The number of hydrogen-bond acceptors (Lipinski definition) is 4. The highest BCUT2D eigenvalue weighted by atomic mass is 19.1.